The molecule has 16 heavy (non-hydrogen) atoms. The average Bonchev–Trinajstić information content (AvgIpc) is 2.28. The lowest BCUT2D eigenvalue weighted by Gasteiger charge is -2.04. The topological polar surface area (TPSA) is 59.8 Å². The van der Waals surface area contributed by atoms with Crippen LogP contribution in [0, 0.1) is 6.92 Å². The summed E-state index contributed by atoms with van der Waals surface area (Å²) in [7, 11) is 1.68. The van der Waals surface area contributed by atoms with Crippen molar-refractivity contribution < 1.29 is 0 Å². The highest BCUT2D eigenvalue weighted by atomic mass is 16.1. The standard InChI is InChI=1S/C11H12N4O/c1-8-3-4-9(13-7-8)14-10-11(16)15(2)6-5-12-10/h3-7H,1-2H3,(H,12,13,14). The maximum absolute atomic E-state index is 11.7. The third-order valence-corrected chi connectivity index (χ3v) is 2.17. The van der Waals surface area contributed by atoms with E-state index in [1.165, 1.54) is 4.57 Å². The Hall–Kier alpha value is -2.17. The van der Waals surface area contributed by atoms with Crippen LogP contribution >= 0.6 is 0 Å². The van der Waals surface area contributed by atoms with Crippen LogP contribution in [0.25, 0.3) is 0 Å². The second kappa shape index (κ2) is 4.14. The lowest BCUT2D eigenvalue weighted by Crippen LogP contribution is -2.20. The van der Waals surface area contributed by atoms with E-state index in [1.54, 1.807) is 25.6 Å². The predicted octanol–water partition coefficient (Wildman–Crippen LogP) is 1.23. The van der Waals surface area contributed by atoms with E-state index >= 15 is 0 Å². The highest BCUT2D eigenvalue weighted by molar-refractivity contribution is 5.50. The molecule has 2 heterocycles. The maximum Gasteiger partial charge on any atom is 0.293 e. The predicted molar refractivity (Wildman–Crippen MR) is 61.7 cm³/mol. The number of anilines is 2. The Kier molecular flexibility index (Phi) is 2.68. The quantitative estimate of drug-likeness (QED) is 0.820. The highest BCUT2D eigenvalue weighted by Gasteiger charge is 2.02. The summed E-state index contributed by atoms with van der Waals surface area (Å²) >= 11 is 0. The summed E-state index contributed by atoms with van der Waals surface area (Å²) in [6.07, 6.45) is 4.91. The molecule has 0 amide bonds. The number of aryl methyl sites for hydroxylation is 2. The monoisotopic (exact) mass is 216 g/mol. The summed E-state index contributed by atoms with van der Waals surface area (Å²) < 4.78 is 1.46. The van der Waals surface area contributed by atoms with Crippen LogP contribution in [-0.2, 0) is 7.05 Å². The fourth-order valence-electron chi connectivity index (χ4n) is 1.25. The van der Waals surface area contributed by atoms with Gasteiger partial charge in [0.25, 0.3) is 5.56 Å². The fraction of sp³-hybridized carbons (Fsp3) is 0.182. The van der Waals surface area contributed by atoms with Gasteiger partial charge >= 0.3 is 0 Å². The highest BCUT2D eigenvalue weighted by Crippen LogP contribution is 2.07. The smallest absolute Gasteiger partial charge is 0.293 e. The first-order valence-electron chi connectivity index (χ1n) is 4.88. The Morgan fingerprint density at radius 1 is 1.31 bits per heavy atom. The Balaban J connectivity index is 2.31. The number of hydrogen-bond acceptors (Lipinski definition) is 4. The van der Waals surface area contributed by atoms with Gasteiger partial charge in [-0.25, -0.2) is 9.97 Å². The van der Waals surface area contributed by atoms with Crippen LogP contribution in [0.4, 0.5) is 11.6 Å². The summed E-state index contributed by atoms with van der Waals surface area (Å²) in [4.78, 5) is 19.8. The van der Waals surface area contributed by atoms with Crippen LogP contribution in [0.15, 0.2) is 35.5 Å². The van der Waals surface area contributed by atoms with Crippen LogP contribution in [0.1, 0.15) is 5.56 Å². The third-order valence-electron chi connectivity index (χ3n) is 2.17. The first-order chi connectivity index (χ1) is 7.66. The van der Waals surface area contributed by atoms with Gasteiger partial charge in [0.1, 0.15) is 5.82 Å². The average molecular weight is 216 g/mol. The van der Waals surface area contributed by atoms with Gasteiger partial charge < -0.3 is 9.88 Å². The Labute approximate surface area is 92.8 Å². The van der Waals surface area contributed by atoms with Crippen molar-refractivity contribution in [2.24, 2.45) is 7.05 Å². The van der Waals surface area contributed by atoms with E-state index in [9.17, 15) is 4.79 Å². The molecule has 0 atom stereocenters. The van der Waals surface area contributed by atoms with Gasteiger partial charge in [-0.2, -0.15) is 0 Å². The zero-order chi connectivity index (χ0) is 11.5. The molecule has 5 heteroatoms. The van der Waals surface area contributed by atoms with Gasteiger partial charge in [0.05, 0.1) is 0 Å². The van der Waals surface area contributed by atoms with Crippen molar-refractivity contribution in [1.29, 1.82) is 0 Å². The summed E-state index contributed by atoms with van der Waals surface area (Å²) in [5.74, 6) is 0.891. The molecule has 0 bridgehead atoms. The number of hydrogen-bond donors (Lipinski definition) is 1. The van der Waals surface area contributed by atoms with E-state index < -0.39 is 0 Å². The van der Waals surface area contributed by atoms with Crippen LogP contribution in [-0.4, -0.2) is 14.5 Å². The van der Waals surface area contributed by atoms with Crippen molar-refractivity contribution in [2.75, 3.05) is 5.32 Å². The number of aromatic nitrogens is 3. The summed E-state index contributed by atoms with van der Waals surface area (Å²) in [5, 5.41) is 2.88. The second-order valence-corrected chi connectivity index (χ2v) is 3.54. The molecule has 1 N–H and O–H groups in total. The second-order valence-electron chi connectivity index (χ2n) is 3.54. The van der Waals surface area contributed by atoms with E-state index in [2.05, 4.69) is 15.3 Å². The van der Waals surface area contributed by atoms with Crippen molar-refractivity contribution in [3.05, 3.63) is 46.6 Å². The number of rotatable bonds is 2. The first kappa shape index (κ1) is 10.4. The van der Waals surface area contributed by atoms with Gasteiger partial charge in [0.2, 0.25) is 0 Å². The molecule has 2 aromatic heterocycles. The van der Waals surface area contributed by atoms with Crippen molar-refractivity contribution in [3.63, 3.8) is 0 Å². The molecule has 2 rings (SSSR count). The molecule has 0 aliphatic heterocycles. The third kappa shape index (κ3) is 2.08. The minimum absolute atomic E-state index is 0.176. The van der Waals surface area contributed by atoms with Crippen LogP contribution in [0.3, 0.4) is 0 Å². The summed E-state index contributed by atoms with van der Waals surface area (Å²) in [5.41, 5.74) is 0.893. The Morgan fingerprint density at radius 3 is 2.81 bits per heavy atom. The molecule has 0 radical (unpaired) electrons. The minimum atomic E-state index is -0.176. The summed E-state index contributed by atoms with van der Waals surface area (Å²) in [6, 6.07) is 3.73. The van der Waals surface area contributed by atoms with E-state index in [4.69, 9.17) is 0 Å². The van der Waals surface area contributed by atoms with Crippen LogP contribution in [0.2, 0.25) is 0 Å². The lowest BCUT2D eigenvalue weighted by molar-refractivity contribution is 0.845. The van der Waals surface area contributed by atoms with Gasteiger partial charge in [-0.1, -0.05) is 6.07 Å². The fourth-order valence-corrected chi connectivity index (χ4v) is 1.25. The van der Waals surface area contributed by atoms with Gasteiger partial charge in [0.15, 0.2) is 5.82 Å². The van der Waals surface area contributed by atoms with Crippen molar-refractivity contribution in [3.8, 4) is 0 Å². The van der Waals surface area contributed by atoms with Crippen molar-refractivity contribution >= 4 is 11.6 Å². The molecule has 0 fully saturated rings. The van der Waals surface area contributed by atoms with E-state index in [-0.39, 0.29) is 11.4 Å². The molecule has 0 saturated heterocycles. The van der Waals surface area contributed by atoms with E-state index in [0.717, 1.165) is 5.56 Å². The lowest BCUT2D eigenvalue weighted by atomic mass is 10.3. The molecule has 82 valence electrons. The van der Waals surface area contributed by atoms with Crippen molar-refractivity contribution in [1.82, 2.24) is 14.5 Å². The number of nitrogens with one attached hydrogen (secondary N) is 1. The zero-order valence-corrected chi connectivity index (χ0v) is 9.14. The molecule has 2 aromatic rings. The Bertz CT molecular complexity index is 545. The van der Waals surface area contributed by atoms with Crippen molar-refractivity contribution in [2.45, 2.75) is 6.92 Å². The molecule has 0 saturated carbocycles. The van der Waals surface area contributed by atoms with E-state index in [1.807, 2.05) is 19.1 Å². The van der Waals surface area contributed by atoms with E-state index in [0.29, 0.717) is 5.82 Å². The molecule has 0 aliphatic carbocycles. The minimum Gasteiger partial charge on any atom is -0.320 e. The number of nitrogens with zero attached hydrogens (tertiary/aromatic N) is 3. The van der Waals surface area contributed by atoms with Gasteiger partial charge in [-0.05, 0) is 18.6 Å². The molecule has 5 nitrogen and oxygen atoms in total. The van der Waals surface area contributed by atoms with Gasteiger partial charge in [0, 0.05) is 25.6 Å². The maximum atomic E-state index is 11.7. The molecule has 0 unspecified atom stereocenters. The first-order valence-corrected chi connectivity index (χ1v) is 4.88. The SMILES string of the molecule is Cc1ccc(Nc2nccn(C)c2=O)nc1. The molecule has 0 spiro atoms. The van der Waals surface area contributed by atoms with Crippen LogP contribution in [0.5, 0.6) is 0 Å². The molecular weight excluding hydrogens is 204 g/mol. The van der Waals surface area contributed by atoms with Crippen LogP contribution < -0.4 is 10.9 Å². The molecule has 0 aliphatic rings. The zero-order valence-electron chi connectivity index (χ0n) is 9.14. The molecule has 0 aromatic carbocycles. The normalized spacial score (nSPS) is 10.1. The summed E-state index contributed by atoms with van der Waals surface area (Å²) in [6.45, 7) is 1.95. The number of pyridine rings is 1. The van der Waals surface area contributed by atoms with Gasteiger partial charge in [-0.15, -0.1) is 0 Å². The largest absolute Gasteiger partial charge is 0.320 e. The Morgan fingerprint density at radius 2 is 2.12 bits per heavy atom. The molecular formula is C11H12N4O. The van der Waals surface area contributed by atoms with Gasteiger partial charge in [-0.3, -0.25) is 4.79 Å².